The van der Waals surface area contributed by atoms with Gasteiger partial charge in [0.25, 0.3) is 5.91 Å². The predicted molar refractivity (Wildman–Crippen MR) is 80.5 cm³/mol. The van der Waals surface area contributed by atoms with E-state index in [1.807, 2.05) is 0 Å². The zero-order valence-electron chi connectivity index (χ0n) is 11.8. The highest BCUT2D eigenvalue weighted by atomic mass is 35.5. The fraction of sp³-hybridized carbons (Fsp3) is 0.571. The molecular weight excluding hydrogens is 276 g/mol. The molecule has 0 spiro atoms. The topological polar surface area (TPSA) is 80.0 Å². The summed E-state index contributed by atoms with van der Waals surface area (Å²) in [6, 6.07) is 3.43. The normalized spacial score (nSPS) is 26.1. The molecule has 0 aromatic carbocycles. The maximum absolute atomic E-state index is 12.3. The number of nitrogens with one attached hydrogen (secondary N) is 2. The second-order valence-electron chi connectivity index (χ2n) is 5.76. The molecule has 2 rings (SSSR count). The number of carbonyl (C=O) groups is 1. The second kappa shape index (κ2) is 6.41. The second-order valence-corrected chi connectivity index (χ2v) is 6.17. The molecule has 6 heteroatoms. The van der Waals surface area contributed by atoms with Crippen LogP contribution in [0.4, 0.5) is 5.82 Å². The van der Waals surface area contributed by atoms with Gasteiger partial charge in [0, 0.05) is 6.04 Å². The van der Waals surface area contributed by atoms with E-state index in [1.54, 1.807) is 12.1 Å². The van der Waals surface area contributed by atoms with Crippen LogP contribution in [0.5, 0.6) is 0 Å². The zero-order chi connectivity index (χ0) is 14.7. The van der Waals surface area contributed by atoms with Crippen LogP contribution < -0.4 is 16.6 Å². The third-order valence-electron chi connectivity index (χ3n) is 3.72. The van der Waals surface area contributed by atoms with Gasteiger partial charge in [0.15, 0.2) is 0 Å². The van der Waals surface area contributed by atoms with Crippen LogP contribution in [0.25, 0.3) is 0 Å². The maximum Gasteiger partial charge on any atom is 0.271 e. The molecule has 1 aromatic rings. The number of hydrazine groups is 1. The Labute approximate surface area is 124 Å². The van der Waals surface area contributed by atoms with Crippen LogP contribution >= 0.6 is 11.6 Å². The van der Waals surface area contributed by atoms with Gasteiger partial charge in [-0.15, -0.1) is 0 Å². The maximum atomic E-state index is 12.3. The van der Waals surface area contributed by atoms with E-state index in [4.69, 9.17) is 17.4 Å². The fourth-order valence-corrected chi connectivity index (χ4v) is 3.19. The third-order valence-corrected chi connectivity index (χ3v) is 4.03. The number of aromatic nitrogens is 1. The van der Waals surface area contributed by atoms with Crippen molar-refractivity contribution < 1.29 is 4.79 Å². The molecule has 20 heavy (non-hydrogen) atoms. The molecule has 0 saturated heterocycles. The fourth-order valence-electron chi connectivity index (χ4n) is 3.00. The molecule has 0 radical (unpaired) electrons. The Balaban J connectivity index is 2.08. The molecule has 1 aliphatic rings. The van der Waals surface area contributed by atoms with Crippen LogP contribution in [0.3, 0.4) is 0 Å². The summed E-state index contributed by atoms with van der Waals surface area (Å²) >= 11 is 6.03. The first-order valence-electron chi connectivity index (χ1n) is 6.93. The van der Waals surface area contributed by atoms with Gasteiger partial charge < -0.3 is 10.7 Å². The lowest BCUT2D eigenvalue weighted by atomic mass is 9.80. The number of nitrogens with two attached hydrogens (primary N) is 1. The molecule has 1 heterocycles. The van der Waals surface area contributed by atoms with Crippen LogP contribution in [0, 0.1) is 11.8 Å². The first-order chi connectivity index (χ1) is 9.49. The summed E-state index contributed by atoms with van der Waals surface area (Å²) in [6.45, 7) is 4.44. The Hall–Kier alpha value is -1.33. The van der Waals surface area contributed by atoms with Gasteiger partial charge in [-0.05, 0) is 43.2 Å². The highest BCUT2D eigenvalue weighted by molar-refractivity contribution is 6.33. The van der Waals surface area contributed by atoms with Crippen molar-refractivity contribution in [2.24, 2.45) is 17.7 Å². The third kappa shape index (κ3) is 3.61. The van der Waals surface area contributed by atoms with E-state index < -0.39 is 0 Å². The average Bonchev–Trinajstić information content (AvgIpc) is 2.37. The molecule has 1 fully saturated rings. The Morgan fingerprint density at radius 3 is 2.55 bits per heavy atom. The minimum Gasteiger partial charge on any atom is -0.348 e. The van der Waals surface area contributed by atoms with E-state index in [2.05, 4.69) is 29.6 Å². The lowest BCUT2D eigenvalue weighted by molar-refractivity contribution is 0.0906. The van der Waals surface area contributed by atoms with E-state index in [-0.39, 0.29) is 17.6 Å². The molecule has 1 aromatic heterocycles. The lowest BCUT2D eigenvalue weighted by Gasteiger charge is -2.31. The van der Waals surface area contributed by atoms with Gasteiger partial charge in [-0.1, -0.05) is 25.4 Å². The molecule has 1 saturated carbocycles. The standard InChI is InChI=1S/C14H21ClN4O/c1-8-5-9(2)7-10(6-8)17-14(20)13-11(15)3-4-12(18-13)19-16/h3-4,8-10H,5-7,16H2,1-2H3,(H,17,20)(H,18,19). The summed E-state index contributed by atoms with van der Waals surface area (Å²) in [7, 11) is 0. The van der Waals surface area contributed by atoms with Gasteiger partial charge in [-0.2, -0.15) is 0 Å². The van der Waals surface area contributed by atoms with Crippen molar-refractivity contribution in [3.05, 3.63) is 22.8 Å². The zero-order valence-corrected chi connectivity index (χ0v) is 12.6. The minimum atomic E-state index is -0.238. The lowest BCUT2D eigenvalue weighted by Crippen LogP contribution is -2.40. The van der Waals surface area contributed by atoms with Crippen molar-refractivity contribution in [2.45, 2.75) is 39.2 Å². The van der Waals surface area contributed by atoms with Crippen molar-refractivity contribution in [1.82, 2.24) is 10.3 Å². The minimum absolute atomic E-state index is 0.189. The summed E-state index contributed by atoms with van der Waals surface area (Å²) in [4.78, 5) is 16.4. The molecular formula is C14H21ClN4O. The smallest absolute Gasteiger partial charge is 0.271 e. The van der Waals surface area contributed by atoms with Crippen LogP contribution in [-0.2, 0) is 0 Å². The Kier molecular flexibility index (Phi) is 4.83. The van der Waals surface area contributed by atoms with Gasteiger partial charge in [-0.25, -0.2) is 10.8 Å². The molecule has 110 valence electrons. The number of pyridine rings is 1. The molecule has 0 bridgehead atoms. The summed E-state index contributed by atoms with van der Waals surface area (Å²) in [5.41, 5.74) is 2.63. The van der Waals surface area contributed by atoms with Crippen LogP contribution in [0.15, 0.2) is 12.1 Å². The van der Waals surface area contributed by atoms with E-state index in [1.165, 1.54) is 6.42 Å². The quantitative estimate of drug-likeness (QED) is 0.591. The van der Waals surface area contributed by atoms with E-state index in [9.17, 15) is 4.79 Å². The van der Waals surface area contributed by atoms with Gasteiger partial charge in [-0.3, -0.25) is 4.79 Å². The van der Waals surface area contributed by atoms with E-state index in [0.717, 1.165) is 12.8 Å². The highest BCUT2D eigenvalue weighted by Gasteiger charge is 2.26. The highest BCUT2D eigenvalue weighted by Crippen LogP contribution is 2.28. The van der Waals surface area contributed by atoms with Gasteiger partial charge in [0.1, 0.15) is 11.5 Å². The van der Waals surface area contributed by atoms with Gasteiger partial charge >= 0.3 is 0 Å². The average molecular weight is 297 g/mol. The van der Waals surface area contributed by atoms with Crippen LogP contribution in [-0.4, -0.2) is 16.9 Å². The predicted octanol–water partition coefficient (Wildman–Crippen LogP) is 2.58. The molecule has 2 unspecified atom stereocenters. The number of rotatable bonds is 3. The largest absolute Gasteiger partial charge is 0.348 e. The Bertz CT molecular complexity index is 484. The number of anilines is 1. The van der Waals surface area contributed by atoms with Gasteiger partial charge in [0.2, 0.25) is 0 Å². The summed E-state index contributed by atoms with van der Waals surface area (Å²) in [5, 5.41) is 3.37. The number of carbonyl (C=O) groups excluding carboxylic acids is 1. The first-order valence-corrected chi connectivity index (χ1v) is 7.31. The summed E-state index contributed by atoms with van der Waals surface area (Å²) < 4.78 is 0. The molecule has 0 aliphatic heterocycles. The number of amides is 1. The number of nitrogen functional groups attached to an aromatic ring is 1. The number of hydrogen-bond donors (Lipinski definition) is 3. The number of hydrogen-bond acceptors (Lipinski definition) is 4. The molecule has 4 N–H and O–H groups in total. The number of halogens is 1. The van der Waals surface area contributed by atoms with Crippen molar-refractivity contribution in [2.75, 3.05) is 5.43 Å². The van der Waals surface area contributed by atoms with Crippen molar-refractivity contribution in [3.63, 3.8) is 0 Å². The first kappa shape index (κ1) is 15.1. The molecule has 1 aliphatic carbocycles. The number of nitrogens with zero attached hydrogens (tertiary/aromatic N) is 1. The molecule has 1 amide bonds. The van der Waals surface area contributed by atoms with E-state index >= 15 is 0 Å². The molecule has 2 atom stereocenters. The SMILES string of the molecule is CC1CC(C)CC(NC(=O)c2nc(NN)ccc2Cl)C1. The van der Waals surface area contributed by atoms with Crippen molar-refractivity contribution in [3.8, 4) is 0 Å². The summed E-state index contributed by atoms with van der Waals surface area (Å²) in [6.07, 6.45) is 3.23. The Morgan fingerprint density at radius 2 is 1.95 bits per heavy atom. The van der Waals surface area contributed by atoms with Crippen molar-refractivity contribution in [1.29, 1.82) is 0 Å². The van der Waals surface area contributed by atoms with Crippen LogP contribution in [0.2, 0.25) is 5.02 Å². The van der Waals surface area contributed by atoms with Gasteiger partial charge in [0.05, 0.1) is 5.02 Å². The molecule has 5 nitrogen and oxygen atoms in total. The monoisotopic (exact) mass is 296 g/mol. The van der Waals surface area contributed by atoms with E-state index in [0.29, 0.717) is 22.7 Å². The summed E-state index contributed by atoms with van der Waals surface area (Å²) in [5.74, 6) is 6.74. The van der Waals surface area contributed by atoms with Crippen LogP contribution in [0.1, 0.15) is 43.6 Å². The Morgan fingerprint density at radius 1 is 1.30 bits per heavy atom. The van der Waals surface area contributed by atoms with Crippen molar-refractivity contribution >= 4 is 23.3 Å².